The van der Waals surface area contributed by atoms with Crippen molar-refractivity contribution in [3.05, 3.63) is 94.5 Å². The second-order valence-electron chi connectivity index (χ2n) is 9.54. The Bertz CT molecular complexity index is 1430. The topological polar surface area (TPSA) is 68.5 Å². The number of hydrogen-bond acceptors (Lipinski definition) is 6. The van der Waals surface area contributed by atoms with E-state index >= 15 is 0 Å². The third-order valence-corrected chi connectivity index (χ3v) is 6.48. The van der Waals surface area contributed by atoms with Crippen LogP contribution >= 0.6 is 0 Å². The number of hydrogen-bond donors (Lipinski definition) is 0. The molecule has 39 heavy (non-hydrogen) atoms. The molecule has 204 valence electrons. The summed E-state index contributed by atoms with van der Waals surface area (Å²) in [6, 6.07) is 18.3. The summed E-state index contributed by atoms with van der Waals surface area (Å²) in [5.74, 6) is 0.789. The molecule has 4 aromatic rings. The first kappa shape index (κ1) is 27.9. The molecule has 0 saturated carbocycles. The standard InChI is InChI=1S/C30H30F3N3O3/c1-5-27(37)38-26-11-7-10-25(21(26)4)20(3)17-36(18-22-12-14-24(15-13-22)30(31,32)33)29-34-28(39-35-29)23-9-6-8-19(2)16-23/h6-16,20H,5,17-18H2,1-4H3. The van der Waals surface area contributed by atoms with Gasteiger partial charge in [-0.05, 0) is 71.9 Å². The van der Waals surface area contributed by atoms with Gasteiger partial charge >= 0.3 is 12.1 Å². The number of ether oxygens (including phenoxy) is 1. The zero-order valence-electron chi connectivity index (χ0n) is 22.2. The number of aryl methyl sites for hydroxylation is 1. The number of halogens is 3. The summed E-state index contributed by atoms with van der Waals surface area (Å²) in [7, 11) is 0. The monoisotopic (exact) mass is 537 g/mol. The number of carbonyl (C=O) groups is 1. The van der Waals surface area contributed by atoms with Crippen molar-refractivity contribution in [3.8, 4) is 17.2 Å². The van der Waals surface area contributed by atoms with Crippen molar-refractivity contribution in [1.29, 1.82) is 0 Å². The fraction of sp³-hybridized carbons (Fsp3) is 0.300. The van der Waals surface area contributed by atoms with Crippen molar-refractivity contribution >= 4 is 11.9 Å². The van der Waals surface area contributed by atoms with Crippen LogP contribution in [0.3, 0.4) is 0 Å². The highest BCUT2D eigenvalue weighted by molar-refractivity contribution is 5.72. The Balaban J connectivity index is 1.64. The molecule has 9 heteroatoms. The molecule has 1 unspecified atom stereocenters. The third-order valence-electron chi connectivity index (χ3n) is 6.48. The van der Waals surface area contributed by atoms with Crippen LogP contribution in [0.5, 0.6) is 5.75 Å². The number of rotatable bonds is 9. The minimum atomic E-state index is -4.41. The van der Waals surface area contributed by atoms with Crippen LogP contribution in [0.25, 0.3) is 11.5 Å². The number of nitrogens with zero attached hydrogens (tertiary/aromatic N) is 3. The summed E-state index contributed by atoms with van der Waals surface area (Å²) in [5, 5.41) is 4.20. The molecule has 4 rings (SSSR count). The molecule has 3 aromatic carbocycles. The Hall–Kier alpha value is -4.14. The molecule has 0 spiro atoms. The van der Waals surface area contributed by atoms with Crippen molar-refractivity contribution in [2.75, 3.05) is 11.4 Å². The van der Waals surface area contributed by atoms with Crippen LogP contribution in [-0.2, 0) is 17.5 Å². The SMILES string of the molecule is CCC(=O)Oc1cccc(C(C)CN(Cc2ccc(C(F)(F)F)cc2)c2noc(-c3cccc(C)c3)n2)c1C. The fourth-order valence-electron chi connectivity index (χ4n) is 4.38. The highest BCUT2D eigenvalue weighted by atomic mass is 19.4. The Morgan fingerprint density at radius 2 is 1.77 bits per heavy atom. The van der Waals surface area contributed by atoms with E-state index in [0.717, 1.165) is 34.4 Å². The molecule has 0 saturated heterocycles. The normalized spacial score (nSPS) is 12.3. The van der Waals surface area contributed by atoms with Gasteiger partial charge < -0.3 is 14.2 Å². The molecular formula is C30H30F3N3O3. The molecule has 0 aliphatic carbocycles. The van der Waals surface area contributed by atoms with E-state index in [0.29, 0.717) is 29.7 Å². The zero-order chi connectivity index (χ0) is 28.2. The van der Waals surface area contributed by atoms with Crippen molar-refractivity contribution in [2.45, 2.75) is 52.8 Å². The van der Waals surface area contributed by atoms with Crippen LogP contribution < -0.4 is 9.64 Å². The van der Waals surface area contributed by atoms with E-state index < -0.39 is 11.7 Å². The summed E-state index contributed by atoms with van der Waals surface area (Å²) in [5.41, 5.74) is 3.59. The maximum atomic E-state index is 13.1. The predicted molar refractivity (Wildman–Crippen MR) is 142 cm³/mol. The summed E-state index contributed by atoms with van der Waals surface area (Å²) < 4.78 is 50.3. The summed E-state index contributed by atoms with van der Waals surface area (Å²) >= 11 is 0. The molecule has 0 aliphatic heterocycles. The van der Waals surface area contributed by atoms with Crippen LogP contribution in [0.2, 0.25) is 0 Å². The van der Waals surface area contributed by atoms with Gasteiger partial charge in [-0.25, -0.2) is 0 Å². The average Bonchev–Trinajstić information content (AvgIpc) is 3.39. The zero-order valence-corrected chi connectivity index (χ0v) is 22.2. The maximum Gasteiger partial charge on any atom is 0.416 e. The lowest BCUT2D eigenvalue weighted by Gasteiger charge is -2.26. The van der Waals surface area contributed by atoms with E-state index in [9.17, 15) is 18.0 Å². The van der Waals surface area contributed by atoms with Gasteiger partial charge in [0.1, 0.15) is 5.75 Å². The first-order valence-electron chi connectivity index (χ1n) is 12.7. The number of aromatic nitrogens is 2. The Morgan fingerprint density at radius 3 is 2.44 bits per heavy atom. The van der Waals surface area contributed by atoms with Crippen molar-refractivity contribution < 1.29 is 27.2 Å². The Labute approximate surface area is 225 Å². The average molecular weight is 538 g/mol. The van der Waals surface area contributed by atoms with Crippen molar-refractivity contribution in [3.63, 3.8) is 0 Å². The summed E-state index contributed by atoms with van der Waals surface area (Å²) in [4.78, 5) is 18.4. The van der Waals surface area contributed by atoms with E-state index in [4.69, 9.17) is 9.26 Å². The second-order valence-corrected chi connectivity index (χ2v) is 9.54. The molecule has 0 N–H and O–H groups in total. The maximum absolute atomic E-state index is 13.1. The van der Waals surface area contributed by atoms with Gasteiger partial charge in [0.05, 0.1) is 5.56 Å². The lowest BCUT2D eigenvalue weighted by atomic mass is 9.95. The predicted octanol–water partition coefficient (Wildman–Crippen LogP) is 7.50. The first-order chi connectivity index (χ1) is 18.5. The summed E-state index contributed by atoms with van der Waals surface area (Å²) in [6.07, 6.45) is -4.14. The number of esters is 1. The second kappa shape index (κ2) is 11.7. The molecule has 0 amide bonds. The fourth-order valence-corrected chi connectivity index (χ4v) is 4.38. The number of alkyl halides is 3. The molecule has 0 fully saturated rings. The van der Waals surface area contributed by atoms with E-state index in [-0.39, 0.29) is 24.9 Å². The Kier molecular flexibility index (Phi) is 8.38. The van der Waals surface area contributed by atoms with Gasteiger partial charge in [-0.3, -0.25) is 4.79 Å². The van der Waals surface area contributed by atoms with E-state index in [1.165, 1.54) is 12.1 Å². The van der Waals surface area contributed by atoms with E-state index in [1.807, 2.05) is 62.1 Å². The first-order valence-corrected chi connectivity index (χ1v) is 12.7. The van der Waals surface area contributed by atoms with Gasteiger partial charge in [0.15, 0.2) is 0 Å². The number of benzene rings is 3. The minimum absolute atomic E-state index is 0.0688. The van der Waals surface area contributed by atoms with Crippen molar-refractivity contribution in [1.82, 2.24) is 10.1 Å². The molecule has 6 nitrogen and oxygen atoms in total. The molecule has 0 aliphatic rings. The van der Waals surface area contributed by atoms with E-state index in [1.54, 1.807) is 13.0 Å². The van der Waals surface area contributed by atoms with E-state index in [2.05, 4.69) is 10.1 Å². The van der Waals surface area contributed by atoms with Crippen LogP contribution in [0.4, 0.5) is 19.1 Å². The molecule has 1 atom stereocenters. The van der Waals surface area contributed by atoms with Gasteiger partial charge in [0.25, 0.3) is 11.8 Å². The molecule has 1 heterocycles. The van der Waals surface area contributed by atoms with Crippen molar-refractivity contribution in [2.24, 2.45) is 0 Å². The van der Waals surface area contributed by atoms with Gasteiger partial charge in [0.2, 0.25) is 0 Å². The highest BCUT2D eigenvalue weighted by Crippen LogP contribution is 2.32. The smallest absolute Gasteiger partial charge is 0.416 e. The number of carbonyl (C=O) groups excluding carboxylic acids is 1. The lowest BCUT2D eigenvalue weighted by Crippen LogP contribution is -2.28. The quantitative estimate of drug-likeness (QED) is 0.163. The summed E-state index contributed by atoms with van der Waals surface area (Å²) in [6.45, 7) is 8.31. The molecule has 0 radical (unpaired) electrons. The Morgan fingerprint density at radius 1 is 1.05 bits per heavy atom. The minimum Gasteiger partial charge on any atom is -0.426 e. The van der Waals surface area contributed by atoms with Gasteiger partial charge in [-0.2, -0.15) is 18.2 Å². The van der Waals surface area contributed by atoms with Gasteiger partial charge in [-0.1, -0.05) is 55.8 Å². The largest absolute Gasteiger partial charge is 0.426 e. The third kappa shape index (κ3) is 6.85. The number of anilines is 1. The van der Waals surface area contributed by atoms with Crippen LogP contribution in [0.15, 0.2) is 71.3 Å². The molecule has 0 bridgehead atoms. The van der Waals surface area contributed by atoms with Crippen LogP contribution in [-0.4, -0.2) is 22.7 Å². The van der Waals surface area contributed by atoms with Gasteiger partial charge in [0, 0.05) is 25.1 Å². The molecule has 1 aromatic heterocycles. The molecular weight excluding hydrogens is 507 g/mol. The van der Waals surface area contributed by atoms with Crippen LogP contribution in [0.1, 0.15) is 54.0 Å². The van der Waals surface area contributed by atoms with Crippen LogP contribution in [0, 0.1) is 13.8 Å². The highest BCUT2D eigenvalue weighted by Gasteiger charge is 2.30. The van der Waals surface area contributed by atoms with Gasteiger partial charge in [-0.15, -0.1) is 0 Å². The lowest BCUT2D eigenvalue weighted by molar-refractivity contribution is -0.137.